The van der Waals surface area contributed by atoms with Crippen LogP contribution in [0.5, 0.6) is 0 Å². The normalized spacial score (nSPS) is 23.5. The van der Waals surface area contributed by atoms with Gasteiger partial charge < -0.3 is 5.73 Å². The fourth-order valence-electron chi connectivity index (χ4n) is 2.88. The Morgan fingerprint density at radius 3 is 3.00 bits per heavy atom. The number of hydrogen-bond acceptors (Lipinski definition) is 3. The first-order chi connectivity index (χ1) is 9.22. The molecule has 0 saturated carbocycles. The maximum atomic E-state index is 6.07. The minimum absolute atomic E-state index is 0. The van der Waals surface area contributed by atoms with Gasteiger partial charge in [0.05, 0.1) is 5.52 Å². The van der Waals surface area contributed by atoms with E-state index in [1.807, 2.05) is 12.3 Å². The Labute approximate surface area is 126 Å². The lowest BCUT2D eigenvalue weighted by Gasteiger charge is -2.35. The molecule has 108 valence electrons. The predicted octanol–water partition coefficient (Wildman–Crippen LogP) is 2.83. The summed E-state index contributed by atoms with van der Waals surface area (Å²) in [6.07, 6.45) is 2.95. The number of fused-ring (bicyclic) bond motifs is 1. The summed E-state index contributed by atoms with van der Waals surface area (Å²) < 4.78 is 0. The average Bonchev–Trinajstić information content (AvgIpc) is 2.43. The van der Waals surface area contributed by atoms with E-state index in [1.54, 1.807) is 0 Å². The van der Waals surface area contributed by atoms with E-state index in [0.717, 1.165) is 31.6 Å². The van der Waals surface area contributed by atoms with Gasteiger partial charge in [0, 0.05) is 30.7 Å². The molecule has 1 aromatic carbocycles. The first kappa shape index (κ1) is 15.2. The molecule has 0 aliphatic carbocycles. The number of nitrogens with zero attached hydrogens (tertiary/aromatic N) is 2. The molecule has 0 bridgehead atoms. The summed E-state index contributed by atoms with van der Waals surface area (Å²) in [6.45, 7) is 5.48. The number of rotatable bonds is 2. The summed E-state index contributed by atoms with van der Waals surface area (Å²) in [5, 5.41) is 1.22. The van der Waals surface area contributed by atoms with E-state index in [4.69, 9.17) is 5.73 Å². The molecule has 1 aliphatic heterocycles. The van der Waals surface area contributed by atoms with Crippen molar-refractivity contribution >= 4 is 23.3 Å². The van der Waals surface area contributed by atoms with Crippen molar-refractivity contribution in [2.45, 2.75) is 25.9 Å². The third-order valence-electron chi connectivity index (χ3n) is 4.13. The van der Waals surface area contributed by atoms with Crippen LogP contribution in [0, 0.1) is 5.92 Å². The summed E-state index contributed by atoms with van der Waals surface area (Å²) in [4.78, 5) is 6.87. The quantitative estimate of drug-likeness (QED) is 0.925. The second kappa shape index (κ2) is 6.53. The standard InChI is InChI=1S/C16H21N3.ClH/c1-12-10-19(8-6-15(12)17)11-13-4-5-16-14(9-13)3-2-7-18-16;/h2-5,7,9,12,15H,6,8,10-11,17H2,1H3;1H. The van der Waals surface area contributed by atoms with Crippen LogP contribution in [0.1, 0.15) is 18.9 Å². The topological polar surface area (TPSA) is 42.2 Å². The van der Waals surface area contributed by atoms with Crippen LogP contribution >= 0.6 is 12.4 Å². The lowest BCUT2D eigenvalue weighted by atomic mass is 9.94. The van der Waals surface area contributed by atoms with Gasteiger partial charge in [-0.3, -0.25) is 9.88 Å². The van der Waals surface area contributed by atoms with E-state index >= 15 is 0 Å². The van der Waals surface area contributed by atoms with Crippen LogP contribution in [0.3, 0.4) is 0 Å². The highest BCUT2D eigenvalue weighted by Crippen LogP contribution is 2.19. The zero-order chi connectivity index (χ0) is 13.2. The Morgan fingerprint density at radius 1 is 1.35 bits per heavy atom. The molecule has 0 amide bonds. The van der Waals surface area contributed by atoms with Gasteiger partial charge in [0.15, 0.2) is 0 Å². The summed E-state index contributed by atoms with van der Waals surface area (Å²) in [5.41, 5.74) is 8.51. The molecule has 2 atom stereocenters. The Bertz CT molecular complexity index is 572. The first-order valence-corrected chi connectivity index (χ1v) is 7.04. The lowest BCUT2D eigenvalue weighted by Crippen LogP contribution is -2.45. The number of nitrogens with two attached hydrogens (primary N) is 1. The molecule has 4 heteroatoms. The summed E-state index contributed by atoms with van der Waals surface area (Å²) in [5.74, 6) is 0.593. The van der Waals surface area contributed by atoms with Gasteiger partial charge in [0.25, 0.3) is 0 Å². The maximum absolute atomic E-state index is 6.07. The Balaban J connectivity index is 0.00000147. The summed E-state index contributed by atoms with van der Waals surface area (Å²) >= 11 is 0. The molecule has 1 fully saturated rings. The van der Waals surface area contributed by atoms with E-state index in [0.29, 0.717) is 12.0 Å². The second-order valence-electron chi connectivity index (χ2n) is 5.70. The Hall–Kier alpha value is -1.16. The van der Waals surface area contributed by atoms with Gasteiger partial charge in [0.1, 0.15) is 0 Å². The van der Waals surface area contributed by atoms with Crippen molar-refractivity contribution in [3.8, 4) is 0 Å². The number of halogens is 1. The monoisotopic (exact) mass is 291 g/mol. The summed E-state index contributed by atoms with van der Waals surface area (Å²) in [7, 11) is 0. The number of pyridine rings is 1. The fourth-order valence-corrected chi connectivity index (χ4v) is 2.88. The van der Waals surface area contributed by atoms with Crippen molar-refractivity contribution in [1.29, 1.82) is 0 Å². The van der Waals surface area contributed by atoms with Gasteiger partial charge >= 0.3 is 0 Å². The molecule has 2 N–H and O–H groups in total. The molecule has 0 spiro atoms. The third kappa shape index (κ3) is 3.29. The van der Waals surface area contributed by atoms with Crippen LogP contribution in [0.2, 0.25) is 0 Å². The smallest absolute Gasteiger partial charge is 0.0702 e. The third-order valence-corrected chi connectivity index (χ3v) is 4.13. The van der Waals surface area contributed by atoms with Crippen LogP contribution in [0.25, 0.3) is 10.9 Å². The molecule has 1 aliphatic rings. The van der Waals surface area contributed by atoms with Crippen molar-refractivity contribution in [1.82, 2.24) is 9.88 Å². The van der Waals surface area contributed by atoms with Crippen LogP contribution in [-0.2, 0) is 6.54 Å². The molecule has 20 heavy (non-hydrogen) atoms. The molecule has 2 unspecified atom stereocenters. The SMILES string of the molecule is CC1CN(Cc2ccc3ncccc3c2)CCC1N.Cl. The van der Waals surface area contributed by atoms with Crippen molar-refractivity contribution in [2.24, 2.45) is 11.7 Å². The van der Waals surface area contributed by atoms with Crippen molar-refractivity contribution < 1.29 is 0 Å². The van der Waals surface area contributed by atoms with Gasteiger partial charge in [-0.15, -0.1) is 12.4 Å². The van der Waals surface area contributed by atoms with E-state index in [2.05, 4.69) is 41.1 Å². The van der Waals surface area contributed by atoms with Crippen molar-refractivity contribution in [3.63, 3.8) is 0 Å². The van der Waals surface area contributed by atoms with Crippen molar-refractivity contribution in [2.75, 3.05) is 13.1 Å². The minimum atomic E-state index is 0. The van der Waals surface area contributed by atoms with Crippen LogP contribution in [-0.4, -0.2) is 29.0 Å². The van der Waals surface area contributed by atoms with E-state index in [-0.39, 0.29) is 12.4 Å². The van der Waals surface area contributed by atoms with Crippen molar-refractivity contribution in [3.05, 3.63) is 42.1 Å². The molecule has 1 saturated heterocycles. The zero-order valence-electron chi connectivity index (χ0n) is 11.8. The molecule has 3 nitrogen and oxygen atoms in total. The molecule has 3 rings (SSSR count). The van der Waals surface area contributed by atoms with Gasteiger partial charge in [-0.2, -0.15) is 0 Å². The van der Waals surface area contributed by atoms with E-state index < -0.39 is 0 Å². The van der Waals surface area contributed by atoms with E-state index in [9.17, 15) is 0 Å². The second-order valence-corrected chi connectivity index (χ2v) is 5.70. The molecular formula is C16H22ClN3. The van der Waals surface area contributed by atoms with Crippen LogP contribution < -0.4 is 5.73 Å². The highest BCUT2D eigenvalue weighted by atomic mass is 35.5. The number of aromatic nitrogens is 1. The first-order valence-electron chi connectivity index (χ1n) is 7.04. The highest BCUT2D eigenvalue weighted by molar-refractivity contribution is 5.85. The number of hydrogen-bond donors (Lipinski definition) is 1. The number of benzene rings is 1. The minimum Gasteiger partial charge on any atom is -0.327 e. The highest BCUT2D eigenvalue weighted by Gasteiger charge is 2.22. The Morgan fingerprint density at radius 2 is 2.20 bits per heavy atom. The molecule has 2 heterocycles. The number of piperidine rings is 1. The molecular weight excluding hydrogens is 270 g/mol. The molecule has 1 aromatic heterocycles. The fraction of sp³-hybridized carbons (Fsp3) is 0.438. The largest absolute Gasteiger partial charge is 0.327 e. The lowest BCUT2D eigenvalue weighted by molar-refractivity contribution is 0.158. The number of likely N-dealkylation sites (tertiary alicyclic amines) is 1. The molecule has 2 aromatic rings. The van der Waals surface area contributed by atoms with Crippen LogP contribution in [0.15, 0.2) is 36.5 Å². The van der Waals surface area contributed by atoms with Gasteiger partial charge in [0.2, 0.25) is 0 Å². The predicted molar refractivity (Wildman–Crippen MR) is 86.0 cm³/mol. The average molecular weight is 292 g/mol. The Kier molecular flexibility index (Phi) is 4.97. The van der Waals surface area contributed by atoms with Gasteiger partial charge in [-0.05, 0) is 42.6 Å². The van der Waals surface area contributed by atoms with Crippen LogP contribution in [0.4, 0.5) is 0 Å². The maximum Gasteiger partial charge on any atom is 0.0702 e. The zero-order valence-corrected chi connectivity index (χ0v) is 12.6. The van der Waals surface area contributed by atoms with Gasteiger partial charge in [-0.25, -0.2) is 0 Å². The molecule has 0 radical (unpaired) electrons. The summed E-state index contributed by atoms with van der Waals surface area (Å²) in [6, 6.07) is 11.0. The van der Waals surface area contributed by atoms with E-state index in [1.165, 1.54) is 10.9 Å². The van der Waals surface area contributed by atoms with Gasteiger partial charge in [-0.1, -0.05) is 19.1 Å².